The predicted molar refractivity (Wildman–Crippen MR) is 80.4 cm³/mol. The van der Waals surface area contributed by atoms with Gasteiger partial charge >= 0.3 is 6.18 Å². The van der Waals surface area contributed by atoms with E-state index in [0.717, 1.165) is 17.7 Å². The summed E-state index contributed by atoms with van der Waals surface area (Å²) >= 11 is 0. The summed E-state index contributed by atoms with van der Waals surface area (Å²) in [7, 11) is 0. The van der Waals surface area contributed by atoms with E-state index in [4.69, 9.17) is 9.47 Å². The van der Waals surface area contributed by atoms with Gasteiger partial charge in [0.25, 0.3) is 0 Å². The Morgan fingerprint density at radius 3 is 2.09 bits per heavy atom. The minimum atomic E-state index is -4.34. The van der Waals surface area contributed by atoms with E-state index in [2.05, 4.69) is 4.98 Å². The van der Waals surface area contributed by atoms with Crippen LogP contribution in [-0.4, -0.2) is 10.6 Å². The molecule has 0 bridgehead atoms. The van der Waals surface area contributed by atoms with Crippen LogP contribution in [0.4, 0.5) is 13.2 Å². The van der Waals surface area contributed by atoms with Crippen molar-refractivity contribution in [3.05, 3.63) is 53.7 Å². The van der Waals surface area contributed by atoms with Gasteiger partial charge in [-0.05, 0) is 51.1 Å². The summed E-state index contributed by atoms with van der Waals surface area (Å²) in [5.74, 6) is 0.879. The van der Waals surface area contributed by atoms with Gasteiger partial charge in [0.15, 0.2) is 0 Å². The molecule has 0 aliphatic rings. The highest BCUT2D eigenvalue weighted by atomic mass is 19.4. The van der Waals surface area contributed by atoms with E-state index in [0.29, 0.717) is 11.6 Å². The number of rotatable bonds is 4. The molecule has 2 rings (SSSR count). The Morgan fingerprint density at radius 2 is 1.61 bits per heavy atom. The van der Waals surface area contributed by atoms with Crippen LogP contribution < -0.4 is 9.47 Å². The summed E-state index contributed by atoms with van der Waals surface area (Å²) in [6.07, 6.45) is -2.73. The van der Waals surface area contributed by atoms with Gasteiger partial charge in [0.05, 0.1) is 5.56 Å². The molecule has 0 N–H and O–H groups in total. The number of alkyl halides is 3. The van der Waals surface area contributed by atoms with Crippen LogP contribution >= 0.6 is 0 Å². The van der Waals surface area contributed by atoms with Crippen molar-refractivity contribution in [1.82, 2.24) is 4.98 Å². The van der Waals surface area contributed by atoms with Gasteiger partial charge in [-0.2, -0.15) is 13.2 Å². The Kier molecular flexibility index (Phi) is 4.82. The lowest BCUT2D eigenvalue weighted by Gasteiger charge is -2.20. The quantitative estimate of drug-likeness (QED) is 0.805. The normalized spacial score (nSPS) is 12.1. The topological polar surface area (TPSA) is 31.4 Å². The second kappa shape index (κ2) is 6.48. The zero-order valence-electron chi connectivity index (χ0n) is 13.1. The fraction of sp³-hybridized carbons (Fsp3) is 0.353. The van der Waals surface area contributed by atoms with Crippen molar-refractivity contribution in [1.29, 1.82) is 0 Å². The second-order valence-electron chi connectivity index (χ2n) is 6.03. The van der Waals surface area contributed by atoms with Crippen molar-refractivity contribution in [3.8, 4) is 11.6 Å². The minimum Gasteiger partial charge on any atom is -0.489 e. The molecule has 0 saturated carbocycles. The molecule has 124 valence electrons. The first-order valence-corrected chi connectivity index (χ1v) is 7.07. The zero-order valence-corrected chi connectivity index (χ0v) is 13.1. The molecule has 0 amide bonds. The summed E-state index contributed by atoms with van der Waals surface area (Å²) in [6.45, 7) is 6.00. The number of hydrogen-bond donors (Lipinski definition) is 0. The molecule has 1 aromatic heterocycles. The molecule has 2 aromatic rings. The maximum atomic E-state index is 12.5. The minimum absolute atomic E-state index is 0.216. The maximum Gasteiger partial charge on any atom is 0.416 e. The summed E-state index contributed by atoms with van der Waals surface area (Å²) in [5, 5.41) is 0. The van der Waals surface area contributed by atoms with Gasteiger partial charge in [-0.25, -0.2) is 4.98 Å². The highest BCUT2D eigenvalue weighted by molar-refractivity contribution is 5.29. The second-order valence-corrected chi connectivity index (χ2v) is 6.03. The zero-order chi connectivity index (χ0) is 17.1. The van der Waals surface area contributed by atoms with Gasteiger partial charge in [0.1, 0.15) is 18.0 Å². The van der Waals surface area contributed by atoms with Gasteiger partial charge in [-0.3, -0.25) is 0 Å². The van der Waals surface area contributed by atoms with E-state index in [1.165, 1.54) is 12.1 Å². The molecule has 3 nitrogen and oxygen atoms in total. The lowest BCUT2D eigenvalue weighted by Crippen LogP contribution is -2.23. The average Bonchev–Trinajstić information content (AvgIpc) is 2.44. The smallest absolute Gasteiger partial charge is 0.416 e. The molecule has 0 saturated heterocycles. The van der Waals surface area contributed by atoms with Crippen LogP contribution in [0.1, 0.15) is 31.9 Å². The molecule has 1 heterocycles. The highest BCUT2D eigenvalue weighted by Crippen LogP contribution is 2.30. The molecule has 0 atom stereocenters. The van der Waals surface area contributed by atoms with E-state index in [9.17, 15) is 13.2 Å². The van der Waals surface area contributed by atoms with Gasteiger partial charge in [-0.15, -0.1) is 0 Å². The first kappa shape index (κ1) is 17.1. The van der Waals surface area contributed by atoms with Crippen molar-refractivity contribution in [2.24, 2.45) is 0 Å². The van der Waals surface area contributed by atoms with E-state index < -0.39 is 11.7 Å². The lowest BCUT2D eigenvalue weighted by molar-refractivity contribution is -0.137. The molecule has 0 aliphatic carbocycles. The van der Waals surface area contributed by atoms with Crippen molar-refractivity contribution in [2.45, 2.75) is 39.2 Å². The van der Waals surface area contributed by atoms with Crippen LogP contribution in [0.2, 0.25) is 0 Å². The first-order chi connectivity index (χ1) is 10.6. The molecule has 23 heavy (non-hydrogen) atoms. The standard InChI is InChI=1S/C17H18F3NO2/c1-16(2,3)23-15-9-4-12(10-21-15)11-22-14-7-5-13(6-8-14)17(18,19)20/h4-10H,11H2,1-3H3. The Labute approximate surface area is 133 Å². The number of pyridine rings is 1. The number of benzene rings is 1. The summed E-state index contributed by atoms with van der Waals surface area (Å²) < 4.78 is 48.5. The van der Waals surface area contributed by atoms with E-state index >= 15 is 0 Å². The summed E-state index contributed by atoms with van der Waals surface area (Å²) in [4.78, 5) is 4.17. The third kappa shape index (κ3) is 5.47. The molecular formula is C17H18F3NO2. The lowest BCUT2D eigenvalue weighted by atomic mass is 10.2. The Balaban J connectivity index is 1.93. The molecule has 0 fully saturated rings. The van der Waals surface area contributed by atoms with Crippen molar-refractivity contribution in [2.75, 3.05) is 0 Å². The maximum absolute atomic E-state index is 12.5. The van der Waals surface area contributed by atoms with E-state index in [-0.39, 0.29) is 12.2 Å². The van der Waals surface area contributed by atoms with Crippen LogP contribution in [0.15, 0.2) is 42.6 Å². The van der Waals surface area contributed by atoms with Gasteiger partial charge in [-0.1, -0.05) is 0 Å². The third-order valence-electron chi connectivity index (χ3n) is 2.80. The van der Waals surface area contributed by atoms with Crippen molar-refractivity contribution < 1.29 is 22.6 Å². The van der Waals surface area contributed by atoms with Crippen molar-refractivity contribution >= 4 is 0 Å². The number of nitrogens with zero attached hydrogens (tertiary/aromatic N) is 1. The van der Waals surface area contributed by atoms with Crippen molar-refractivity contribution in [3.63, 3.8) is 0 Å². The Bertz CT molecular complexity index is 629. The van der Waals surface area contributed by atoms with Crippen LogP contribution in [0.5, 0.6) is 11.6 Å². The van der Waals surface area contributed by atoms with Crippen LogP contribution in [0, 0.1) is 0 Å². The fourth-order valence-electron chi connectivity index (χ4n) is 1.78. The monoisotopic (exact) mass is 325 g/mol. The van der Waals surface area contributed by atoms with Crippen LogP contribution in [-0.2, 0) is 12.8 Å². The Morgan fingerprint density at radius 1 is 0.957 bits per heavy atom. The van der Waals surface area contributed by atoms with Crippen LogP contribution in [0.3, 0.4) is 0 Å². The third-order valence-corrected chi connectivity index (χ3v) is 2.80. The number of ether oxygens (including phenoxy) is 2. The largest absolute Gasteiger partial charge is 0.489 e. The Hall–Kier alpha value is -2.24. The molecular weight excluding hydrogens is 307 g/mol. The number of hydrogen-bond acceptors (Lipinski definition) is 3. The summed E-state index contributed by atoms with van der Waals surface area (Å²) in [5.41, 5.74) is -0.230. The number of halogens is 3. The molecule has 0 radical (unpaired) electrons. The number of aromatic nitrogens is 1. The van der Waals surface area contributed by atoms with Crippen LogP contribution in [0.25, 0.3) is 0 Å². The van der Waals surface area contributed by atoms with E-state index in [1.807, 2.05) is 20.8 Å². The van der Waals surface area contributed by atoms with Gasteiger partial charge in [0.2, 0.25) is 5.88 Å². The van der Waals surface area contributed by atoms with E-state index in [1.54, 1.807) is 18.3 Å². The molecule has 0 aliphatic heterocycles. The first-order valence-electron chi connectivity index (χ1n) is 7.07. The predicted octanol–water partition coefficient (Wildman–Crippen LogP) is 4.86. The average molecular weight is 325 g/mol. The SMILES string of the molecule is CC(C)(C)Oc1ccc(COc2ccc(C(F)(F)F)cc2)cn1. The van der Waals surface area contributed by atoms with Gasteiger partial charge in [0, 0.05) is 17.8 Å². The summed E-state index contributed by atoms with van der Waals surface area (Å²) in [6, 6.07) is 8.12. The highest BCUT2D eigenvalue weighted by Gasteiger charge is 2.30. The molecule has 0 unspecified atom stereocenters. The molecule has 0 spiro atoms. The fourth-order valence-corrected chi connectivity index (χ4v) is 1.78. The molecule has 6 heteroatoms. The van der Waals surface area contributed by atoms with Gasteiger partial charge < -0.3 is 9.47 Å². The molecule has 1 aromatic carbocycles.